The van der Waals surface area contributed by atoms with E-state index in [2.05, 4.69) is 10.6 Å². The predicted octanol–water partition coefficient (Wildman–Crippen LogP) is 1.28. The Labute approximate surface area is 122 Å². The fourth-order valence-corrected chi connectivity index (χ4v) is 2.23. The van der Waals surface area contributed by atoms with Crippen molar-refractivity contribution in [2.75, 3.05) is 19.6 Å². The Morgan fingerprint density at radius 2 is 1.80 bits per heavy atom. The summed E-state index contributed by atoms with van der Waals surface area (Å²) in [5.41, 5.74) is -0.196. The van der Waals surface area contributed by atoms with Gasteiger partial charge in [-0.05, 0) is 46.5 Å². The second-order valence-corrected chi connectivity index (χ2v) is 6.27. The number of likely N-dealkylation sites (tertiary alicyclic amines) is 1. The first kappa shape index (κ1) is 17.0. The molecule has 0 radical (unpaired) electrons. The standard InChI is InChI=1S/C15H29N3O2/c1-5-15(3,4)17-13(19)11-16-12(2)14(20)18-9-7-6-8-10-18/h12,16H,5-11H2,1-4H3,(H,17,19). The zero-order valence-electron chi connectivity index (χ0n) is 13.3. The van der Waals surface area contributed by atoms with Crippen LogP contribution in [0, 0.1) is 0 Å². The van der Waals surface area contributed by atoms with Crippen molar-refractivity contribution in [2.45, 2.75) is 65.0 Å². The number of carbonyl (C=O) groups excluding carboxylic acids is 2. The van der Waals surface area contributed by atoms with Gasteiger partial charge in [0.05, 0.1) is 12.6 Å². The highest BCUT2D eigenvalue weighted by Gasteiger charge is 2.23. The van der Waals surface area contributed by atoms with Crippen LogP contribution < -0.4 is 10.6 Å². The van der Waals surface area contributed by atoms with Crippen LogP contribution in [0.5, 0.6) is 0 Å². The molecule has 0 bridgehead atoms. The highest BCUT2D eigenvalue weighted by molar-refractivity contribution is 5.83. The van der Waals surface area contributed by atoms with Crippen molar-refractivity contribution >= 4 is 11.8 Å². The summed E-state index contributed by atoms with van der Waals surface area (Å²) in [5, 5.41) is 5.98. The third kappa shape index (κ3) is 5.49. The second-order valence-electron chi connectivity index (χ2n) is 6.27. The Morgan fingerprint density at radius 1 is 1.20 bits per heavy atom. The summed E-state index contributed by atoms with van der Waals surface area (Å²) in [5.74, 6) is 0.0439. The van der Waals surface area contributed by atoms with Crippen molar-refractivity contribution in [1.29, 1.82) is 0 Å². The van der Waals surface area contributed by atoms with E-state index in [1.807, 2.05) is 32.6 Å². The van der Waals surface area contributed by atoms with E-state index in [1.165, 1.54) is 6.42 Å². The minimum Gasteiger partial charge on any atom is -0.350 e. The van der Waals surface area contributed by atoms with Gasteiger partial charge < -0.3 is 10.2 Å². The molecule has 1 saturated heterocycles. The first-order chi connectivity index (χ1) is 9.35. The molecular weight excluding hydrogens is 254 g/mol. The molecule has 1 aliphatic heterocycles. The smallest absolute Gasteiger partial charge is 0.239 e. The molecule has 5 nitrogen and oxygen atoms in total. The molecule has 1 unspecified atom stereocenters. The molecule has 116 valence electrons. The van der Waals surface area contributed by atoms with Gasteiger partial charge in [0.2, 0.25) is 11.8 Å². The minimum absolute atomic E-state index is 0.0601. The van der Waals surface area contributed by atoms with Crippen molar-refractivity contribution < 1.29 is 9.59 Å². The second kappa shape index (κ2) is 7.62. The molecule has 1 fully saturated rings. The monoisotopic (exact) mass is 283 g/mol. The first-order valence-corrected chi connectivity index (χ1v) is 7.69. The van der Waals surface area contributed by atoms with Crippen LogP contribution in [0.1, 0.15) is 53.4 Å². The lowest BCUT2D eigenvalue weighted by Gasteiger charge is -2.30. The quantitative estimate of drug-likeness (QED) is 0.772. The van der Waals surface area contributed by atoms with E-state index < -0.39 is 0 Å². The van der Waals surface area contributed by atoms with E-state index in [1.54, 1.807) is 0 Å². The molecule has 20 heavy (non-hydrogen) atoms. The lowest BCUT2D eigenvalue weighted by atomic mass is 10.0. The van der Waals surface area contributed by atoms with E-state index in [-0.39, 0.29) is 29.9 Å². The highest BCUT2D eigenvalue weighted by Crippen LogP contribution is 2.10. The molecule has 1 heterocycles. The molecule has 2 N–H and O–H groups in total. The van der Waals surface area contributed by atoms with Crippen LogP contribution in [0.4, 0.5) is 0 Å². The molecular formula is C15H29N3O2. The molecule has 0 aliphatic carbocycles. The average Bonchev–Trinajstić information content (AvgIpc) is 2.44. The number of carbonyl (C=O) groups is 2. The van der Waals surface area contributed by atoms with Crippen molar-refractivity contribution in [3.63, 3.8) is 0 Å². The number of nitrogens with one attached hydrogen (secondary N) is 2. The summed E-state index contributed by atoms with van der Waals surface area (Å²) < 4.78 is 0. The summed E-state index contributed by atoms with van der Waals surface area (Å²) in [6.07, 6.45) is 4.26. The number of amides is 2. The minimum atomic E-state index is -0.302. The summed E-state index contributed by atoms with van der Waals surface area (Å²) in [6.45, 7) is 9.73. The largest absolute Gasteiger partial charge is 0.350 e. The lowest BCUT2D eigenvalue weighted by Crippen LogP contribution is -2.51. The van der Waals surface area contributed by atoms with Gasteiger partial charge >= 0.3 is 0 Å². The maximum atomic E-state index is 12.2. The maximum absolute atomic E-state index is 12.2. The molecule has 0 aromatic heterocycles. The molecule has 1 aliphatic rings. The molecule has 1 rings (SSSR count). The van der Waals surface area contributed by atoms with Gasteiger partial charge in [0, 0.05) is 18.6 Å². The van der Waals surface area contributed by atoms with E-state index in [0.29, 0.717) is 0 Å². The van der Waals surface area contributed by atoms with Gasteiger partial charge in [-0.3, -0.25) is 14.9 Å². The molecule has 0 aromatic carbocycles. The van der Waals surface area contributed by atoms with Crippen LogP contribution in [-0.4, -0.2) is 47.9 Å². The van der Waals surface area contributed by atoms with Crippen LogP contribution in [-0.2, 0) is 9.59 Å². The molecule has 0 spiro atoms. The summed E-state index contributed by atoms with van der Waals surface area (Å²) in [6, 6.07) is -0.302. The molecule has 5 heteroatoms. The van der Waals surface area contributed by atoms with Crippen LogP contribution >= 0.6 is 0 Å². The van der Waals surface area contributed by atoms with E-state index in [9.17, 15) is 9.59 Å². The summed E-state index contributed by atoms with van der Waals surface area (Å²) in [7, 11) is 0. The van der Waals surface area contributed by atoms with E-state index in [0.717, 1.165) is 32.4 Å². The highest BCUT2D eigenvalue weighted by atomic mass is 16.2. The fraction of sp³-hybridized carbons (Fsp3) is 0.867. The zero-order valence-corrected chi connectivity index (χ0v) is 13.3. The topological polar surface area (TPSA) is 61.4 Å². The number of hydrogen-bond acceptors (Lipinski definition) is 3. The normalized spacial score (nSPS) is 17.7. The number of hydrogen-bond donors (Lipinski definition) is 2. The van der Waals surface area contributed by atoms with Gasteiger partial charge in [0.1, 0.15) is 0 Å². The number of nitrogens with zero attached hydrogens (tertiary/aromatic N) is 1. The summed E-state index contributed by atoms with van der Waals surface area (Å²) in [4.78, 5) is 25.9. The van der Waals surface area contributed by atoms with Gasteiger partial charge in [-0.25, -0.2) is 0 Å². The van der Waals surface area contributed by atoms with Crippen LogP contribution in [0.25, 0.3) is 0 Å². The number of piperidine rings is 1. The Hall–Kier alpha value is -1.10. The Kier molecular flexibility index (Phi) is 6.46. The van der Waals surface area contributed by atoms with Crippen molar-refractivity contribution in [2.24, 2.45) is 0 Å². The molecule has 1 atom stereocenters. The van der Waals surface area contributed by atoms with E-state index in [4.69, 9.17) is 0 Å². The number of rotatable bonds is 6. The zero-order chi connectivity index (χ0) is 15.2. The first-order valence-electron chi connectivity index (χ1n) is 7.69. The predicted molar refractivity (Wildman–Crippen MR) is 80.4 cm³/mol. The Balaban J connectivity index is 2.33. The van der Waals surface area contributed by atoms with Gasteiger partial charge in [0.15, 0.2) is 0 Å². The fourth-order valence-electron chi connectivity index (χ4n) is 2.23. The maximum Gasteiger partial charge on any atom is 0.239 e. The van der Waals surface area contributed by atoms with Gasteiger partial charge in [-0.2, -0.15) is 0 Å². The molecule has 0 aromatic rings. The third-order valence-electron chi connectivity index (χ3n) is 3.97. The Bertz CT molecular complexity index is 336. The van der Waals surface area contributed by atoms with E-state index >= 15 is 0 Å². The van der Waals surface area contributed by atoms with Gasteiger partial charge in [-0.15, -0.1) is 0 Å². The summed E-state index contributed by atoms with van der Waals surface area (Å²) >= 11 is 0. The van der Waals surface area contributed by atoms with Gasteiger partial charge in [0.25, 0.3) is 0 Å². The van der Waals surface area contributed by atoms with Crippen LogP contribution in [0.3, 0.4) is 0 Å². The van der Waals surface area contributed by atoms with Crippen LogP contribution in [0.2, 0.25) is 0 Å². The third-order valence-corrected chi connectivity index (χ3v) is 3.97. The SMILES string of the molecule is CCC(C)(C)NC(=O)CNC(C)C(=O)N1CCCCC1. The molecule has 0 saturated carbocycles. The molecule has 2 amide bonds. The van der Waals surface area contributed by atoms with Gasteiger partial charge in [-0.1, -0.05) is 6.92 Å². The van der Waals surface area contributed by atoms with Crippen molar-refractivity contribution in [3.05, 3.63) is 0 Å². The Morgan fingerprint density at radius 3 is 2.35 bits per heavy atom. The lowest BCUT2D eigenvalue weighted by molar-refractivity contribution is -0.134. The average molecular weight is 283 g/mol. The van der Waals surface area contributed by atoms with Crippen molar-refractivity contribution in [1.82, 2.24) is 15.5 Å². The van der Waals surface area contributed by atoms with Crippen molar-refractivity contribution in [3.8, 4) is 0 Å². The van der Waals surface area contributed by atoms with Crippen LogP contribution in [0.15, 0.2) is 0 Å².